The molecule has 0 atom stereocenters. The Morgan fingerprint density at radius 2 is 1.67 bits per heavy atom. The first-order chi connectivity index (χ1) is 8.72. The molecule has 0 heterocycles. The van der Waals surface area contributed by atoms with E-state index < -0.39 is 0 Å². The quantitative estimate of drug-likeness (QED) is 0.805. The van der Waals surface area contributed by atoms with Gasteiger partial charge in [0.15, 0.2) is 5.75 Å². The predicted octanol–water partition coefficient (Wildman–Crippen LogP) is 3.60. The van der Waals surface area contributed by atoms with Crippen molar-refractivity contribution in [2.75, 3.05) is 11.5 Å². The average Bonchev–Trinajstić information content (AvgIpc) is 2.37. The van der Waals surface area contributed by atoms with Gasteiger partial charge >= 0.3 is 0 Å². The molecular formula is C15H18N2O. The van der Waals surface area contributed by atoms with Gasteiger partial charge in [0.05, 0.1) is 11.4 Å². The number of anilines is 2. The molecule has 0 fully saturated rings. The van der Waals surface area contributed by atoms with Crippen molar-refractivity contribution < 1.29 is 4.74 Å². The van der Waals surface area contributed by atoms with Crippen molar-refractivity contribution in [2.45, 2.75) is 19.8 Å². The van der Waals surface area contributed by atoms with Crippen LogP contribution in [0.25, 0.3) is 0 Å². The first kappa shape index (κ1) is 12.3. The number of hydrogen-bond acceptors (Lipinski definition) is 3. The van der Waals surface area contributed by atoms with E-state index in [-0.39, 0.29) is 0 Å². The highest BCUT2D eigenvalue weighted by Crippen LogP contribution is 2.33. The number of benzene rings is 2. The second-order valence-electron chi connectivity index (χ2n) is 4.22. The Labute approximate surface area is 107 Å². The molecule has 0 saturated carbocycles. The largest absolute Gasteiger partial charge is 0.455 e. The van der Waals surface area contributed by atoms with Gasteiger partial charge in [-0.25, -0.2) is 0 Å². The molecule has 0 bridgehead atoms. The zero-order valence-corrected chi connectivity index (χ0v) is 10.5. The van der Waals surface area contributed by atoms with Crippen molar-refractivity contribution in [3.8, 4) is 11.5 Å². The van der Waals surface area contributed by atoms with Crippen molar-refractivity contribution in [3.63, 3.8) is 0 Å². The van der Waals surface area contributed by atoms with Crippen LogP contribution in [-0.4, -0.2) is 0 Å². The molecule has 0 aromatic heterocycles. The minimum atomic E-state index is 0.490. The molecule has 3 heteroatoms. The molecule has 0 spiro atoms. The third kappa shape index (κ3) is 2.56. The maximum absolute atomic E-state index is 5.90. The van der Waals surface area contributed by atoms with Gasteiger partial charge in [0, 0.05) is 0 Å². The second kappa shape index (κ2) is 5.45. The van der Waals surface area contributed by atoms with Crippen LogP contribution in [-0.2, 0) is 6.42 Å². The van der Waals surface area contributed by atoms with E-state index >= 15 is 0 Å². The number of para-hydroxylation sites is 2. The van der Waals surface area contributed by atoms with Crippen LogP contribution in [0.4, 0.5) is 11.4 Å². The lowest BCUT2D eigenvalue weighted by molar-refractivity contribution is 0.478. The average molecular weight is 242 g/mol. The molecule has 0 aliphatic carbocycles. The van der Waals surface area contributed by atoms with Gasteiger partial charge in [-0.15, -0.1) is 0 Å². The second-order valence-corrected chi connectivity index (χ2v) is 4.22. The van der Waals surface area contributed by atoms with Crippen molar-refractivity contribution in [3.05, 3.63) is 48.0 Å². The Morgan fingerprint density at radius 1 is 0.944 bits per heavy atom. The molecule has 0 radical (unpaired) electrons. The SMILES string of the molecule is CCCc1ccccc1Oc1cccc(N)c1N. The predicted molar refractivity (Wildman–Crippen MR) is 75.8 cm³/mol. The van der Waals surface area contributed by atoms with Crippen molar-refractivity contribution in [1.29, 1.82) is 0 Å². The van der Waals surface area contributed by atoms with E-state index in [1.54, 1.807) is 6.07 Å². The molecule has 2 rings (SSSR count). The molecule has 0 amide bonds. The van der Waals surface area contributed by atoms with E-state index in [2.05, 4.69) is 13.0 Å². The van der Waals surface area contributed by atoms with Crippen LogP contribution in [0.2, 0.25) is 0 Å². The van der Waals surface area contributed by atoms with E-state index in [0.717, 1.165) is 18.6 Å². The highest BCUT2D eigenvalue weighted by molar-refractivity contribution is 5.71. The van der Waals surface area contributed by atoms with Gasteiger partial charge in [-0.1, -0.05) is 37.6 Å². The van der Waals surface area contributed by atoms with Gasteiger partial charge in [-0.2, -0.15) is 0 Å². The van der Waals surface area contributed by atoms with Gasteiger partial charge in [0.25, 0.3) is 0 Å². The summed E-state index contributed by atoms with van der Waals surface area (Å²) in [5, 5.41) is 0. The van der Waals surface area contributed by atoms with E-state index in [9.17, 15) is 0 Å². The monoisotopic (exact) mass is 242 g/mol. The standard InChI is InChI=1S/C15H18N2O/c1-2-6-11-7-3-4-9-13(11)18-14-10-5-8-12(16)15(14)17/h3-5,7-10H,2,6,16-17H2,1H3. The fourth-order valence-corrected chi connectivity index (χ4v) is 1.85. The molecule has 94 valence electrons. The first-order valence-electron chi connectivity index (χ1n) is 6.12. The summed E-state index contributed by atoms with van der Waals surface area (Å²) in [6, 6.07) is 13.4. The van der Waals surface area contributed by atoms with Crippen LogP contribution in [0.1, 0.15) is 18.9 Å². The van der Waals surface area contributed by atoms with Crippen molar-refractivity contribution in [2.24, 2.45) is 0 Å². The topological polar surface area (TPSA) is 61.3 Å². The van der Waals surface area contributed by atoms with Crippen LogP contribution >= 0.6 is 0 Å². The highest BCUT2D eigenvalue weighted by atomic mass is 16.5. The van der Waals surface area contributed by atoms with E-state index in [0.29, 0.717) is 17.1 Å². The Hall–Kier alpha value is -2.16. The third-order valence-electron chi connectivity index (χ3n) is 2.81. The van der Waals surface area contributed by atoms with E-state index in [1.165, 1.54) is 5.56 Å². The zero-order valence-electron chi connectivity index (χ0n) is 10.5. The zero-order chi connectivity index (χ0) is 13.0. The van der Waals surface area contributed by atoms with Gasteiger partial charge in [-0.05, 0) is 30.2 Å². The number of nitrogen functional groups attached to an aromatic ring is 2. The molecular weight excluding hydrogens is 224 g/mol. The normalized spacial score (nSPS) is 10.3. The Bertz CT molecular complexity index is 538. The molecule has 0 aliphatic rings. The summed E-state index contributed by atoms with van der Waals surface area (Å²) < 4.78 is 5.87. The summed E-state index contributed by atoms with van der Waals surface area (Å²) in [7, 11) is 0. The molecule has 0 unspecified atom stereocenters. The van der Waals surface area contributed by atoms with Crippen LogP contribution < -0.4 is 16.2 Å². The van der Waals surface area contributed by atoms with Gasteiger partial charge in [-0.3, -0.25) is 0 Å². The minimum Gasteiger partial charge on any atom is -0.455 e. The molecule has 0 aliphatic heterocycles. The summed E-state index contributed by atoms with van der Waals surface area (Å²) in [6.07, 6.45) is 2.06. The molecule has 2 aromatic rings. The summed E-state index contributed by atoms with van der Waals surface area (Å²) in [4.78, 5) is 0. The van der Waals surface area contributed by atoms with E-state index in [1.807, 2.05) is 30.3 Å². The molecule has 18 heavy (non-hydrogen) atoms. The van der Waals surface area contributed by atoms with Crippen LogP contribution in [0.5, 0.6) is 11.5 Å². The fraction of sp³-hybridized carbons (Fsp3) is 0.200. The van der Waals surface area contributed by atoms with Crippen LogP contribution in [0, 0.1) is 0 Å². The maximum atomic E-state index is 5.90. The molecule has 3 nitrogen and oxygen atoms in total. The number of aryl methyl sites for hydroxylation is 1. The Kier molecular flexibility index (Phi) is 3.72. The summed E-state index contributed by atoms with van der Waals surface area (Å²) in [6.45, 7) is 2.14. The lowest BCUT2D eigenvalue weighted by Gasteiger charge is -2.13. The van der Waals surface area contributed by atoms with Gasteiger partial charge < -0.3 is 16.2 Å². The summed E-state index contributed by atoms with van der Waals surface area (Å²) >= 11 is 0. The summed E-state index contributed by atoms with van der Waals surface area (Å²) in [5.41, 5.74) is 13.9. The number of nitrogens with two attached hydrogens (primary N) is 2. The Balaban J connectivity index is 2.31. The van der Waals surface area contributed by atoms with Crippen molar-refractivity contribution >= 4 is 11.4 Å². The molecule has 2 aromatic carbocycles. The first-order valence-corrected chi connectivity index (χ1v) is 6.12. The maximum Gasteiger partial charge on any atom is 0.152 e. The lowest BCUT2D eigenvalue weighted by atomic mass is 10.1. The lowest BCUT2D eigenvalue weighted by Crippen LogP contribution is -1.98. The van der Waals surface area contributed by atoms with Gasteiger partial charge in [0.1, 0.15) is 5.75 Å². The van der Waals surface area contributed by atoms with Gasteiger partial charge in [0.2, 0.25) is 0 Å². The summed E-state index contributed by atoms with van der Waals surface area (Å²) in [5.74, 6) is 1.45. The number of rotatable bonds is 4. The number of ether oxygens (including phenoxy) is 1. The third-order valence-corrected chi connectivity index (χ3v) is 2.81. The number of hydrogen-bond donors (Lipinski definition) is 2. The minimum absolute atomic E-state index is 0.490. The van der Waals surface area contributed by atoms with Crippen molar-refractivity contribution in [1.82, 2.24) is 0 Å². The smallest absolute Gasteiger partial charge is 0.152 e. The fourth-order valence-electron chi connectivity index (χ4n) is 1.85. The van der Waals surface area contributed by atoms with E-state index in [4.69, 9.17) is 16.2 Å². The highest BCUT2D eigenvalue weighted by Gasteiger charge is 2.07. The van der Waals surface area contributed by atoms with Crippen LogP contribution in [0.15, 0.2) is 42.5 Å². The Morgan fingerprint density at radius 3 is 2.44 bits per heavy atom. The van der Waals surface area contributed by atoms with Crippen LogP contribution in [0.3, 0.4) is 0 Å². The molecule has 0 saturated heterocycles. The molecule has 4 N–H and O–H groups in total.